The highest BCUT2D eigenvalue weighted by atomic mass is 79.9. The Morgan fingerprint density at radius 1 is 1.29 bits per heavy atom. The Balaban J connectivity index is 1.68. The van der Waals surface area contributed by atoms with E-state index in [1.54, 1.807) is 22.5 Å². The van der Waals surface area contributed by atoms with Gasteiger partial charge in [-0.3, -0.25) is 9.59 Å². The molecule has 31 heavy (non-hydrogen) atoms. The first kappa shape index (κ1) is 22.0. The van der Waals surface area contributed by atoms with Gasteiger partial charge in [0.05, 0.1) is 33.8 Å². The molecule has 0 radical (unpaired) electrons. The number of benzene rings is 1. The number of rotatable bonds is 5. The second kappa shape index (κ2) is 9.08. The van der Waals surface area contributed by atoms with Gasteiger partial charge in [0.25, 0.3) is 5.91 Å². The minimum atomic E-state index is -0.660. The van der Waals surface area contributed by atoms with Gasteiger partial charge in [-0.1, -0.05) is 6.07 Å². The Kier molecular flexibility index (Phi) is 6.43. The molecule has 3 heterocycles. The molecule has 9 heteroatoms. The van der Waals surface area contributed by atoms with Crippen molar-refractivity contribution in [1.29, 1.82) is 0 Å². The van der Waals surface area contributed by atoms with Gasteiger partial charge in [-0.2, -0.15) is 0 Å². The van der Waals surface area contributed by atoms with Crippen molar-refractivity contribution in [2.75, 3.05) is 19.7 Å². The Hall–Kier alpha value is -2.26. The van der Waals surface area contributed by atoms with Gasteiger partial charge in [0, 0.05) is 30.1 Å². The van der Waals surface area contributed by atoms with Crippen LogP contribution in [0.4, 0.5) is 8.78 Å². The number of fused-ring (bicyclic) bond motifs is 1. The lowest BCUT2D eigenvalue weighted by Crippen LogP contribution is -2.43. The number of nitrogens with zero attached hydrogens (tertiary/aromatic N) is 2. The van der Waals surface area contributed by atoms with Crippen LogP contribution in [0.25, 0.3) is 10.2 Å². The quantitative estimate of drug-likeness (QED) is 0.443. The summed E-state index contributed by atoms with van der Waals surface area (Å²) in [6.45, 7) is 2.98. The lowest BCUT2D eigenvalue weighted by Gasteiger charge is -2.31. The molecule has 0 spiro atoms. The highest BCUT2D eigenvalue weighted by Crippen LogP contribution is 2.35. The molecule has 4 rings (SSSR count). The fourth-order valence-electron chi connectivity index (χ4n) is 3.97. The fourth-order valence-corrected chi connectivity index (χ4v) is 5.66. The number of hydrogen-bond acceptors (Lipinski definition) is 4. The molecule has 1 aliphatic heterocycles. The highest BCUT2D eigenvalue weighted by Gasteiger charge is 2.31. The average Bonchev–Trinajstić information content (AvgIpc) is 3.30. The summed E-state index contributed by atoms with van der Waals surface area (Å²) >= 11 is 4.99. The predicted octanol–water partition coefficient (Wildman–Crippen LogP) is 5.21. The molecule has 5 nitrogen and oxygen atoms in total. The second-order valence-corrected chi connectivity index (χ2v) is 9.26. The zero-order valence-electron chi connectivity index (χ0n) is 16.9. The van der Waals surface area contributed by atoms with Crippen molar-refractivity contribution in [3.05, 3.63) is 57.0 Å². The number of halogens is 3. The third-order valence-electron chi connectivity index (χ3n) is 5.47. The van der Waals surface area contributed by atoms with Crippen LogP contribution in [-0.2, 0) is 16.1 Å². The molecular weight excluding hydrogens is 490 g/mol. The van der Waals surface area contributed by atoms with Crippen molar-refractivity contribution < 1.29 is 23.1 Å². The molecule has 0 bridgehead atoms. The number of likely N-dealkylation sites (tertiary alicyclic amines) is 1. The van der Waals surface area contributed by atoms with Crippen LogP contribution in [-0.4, -0.2) is 41.0 Å². The summed E-state index contributed by atoms with van der Waals surface area (Å²) in [5, 5.41) is 1.91. The molecule has 0 saturated carbocycles. The van der Waals surface area contributed by atoms with E-state index >= 15 is 0 Å². The Morgan fingerprint density at radius 3 is 2.84 bits per heavy atom. The van der Waals surface area contributed by atoms with E-state index in [4.69, 9.17) is 4.74 Å². The van der Waals surface area contributed by atoms with Gasteiger partial charge in [-0.25, -0.2) is 8.78 Å². The number of hydrogen-bond donors (Lipinski definition) is 0. The number of thiophene rings is 1. The van der Waals surface area contributed by atoms with E-state index in [0.29, 0.717) is 38.2 Å². The number of piperidine rings is 1. The normalized spacial score (nSPS) is 16.6. The van der Waals surface area contributed by atoms with Gasteiger partial charge in [-0.15, -0.1) is 11.3 Å². The number of aromatic nitrogens is 1. The average molecular weight is 511 g/mol. The van der Waals surface area contributed by atoms with Gasteiger partial charge in [0.1, 0.15) is 17.3 Å². The predicted molar refractivity (Wildman–Crippen MR) is 118 cm³/mol. The molecule has 0 aliphatic carbocycles. The van der Waals surface area contributed by atoms with Crippen LogP contribution in [0.15, 0.2) is 34.1 Å². The van der Waals surface area contributed by atoms with E-state index in [1.165, 1.54) is 23.5 Å². The molecule has 1 aliphatic rings. The van der Waals surface area contributed by atoms with Crippen molar-refractivity contribution in [1.82, 2.24) is 9.47 Å². The summed E-state index contributed by atoms with van der Waals surface area (Å²) in [7, 11) is 0. The molecule has 1 fully saturated rings. The van der Waals surface area contributed by atoms with Crippen LogP contribution in [0.2, 0.25) is 0 Å². The van der Waals surface area contributed by atoms with Crippen molar-refractivity contribution in [2.45, 2.75) is 26.3 Å². The smallest absolute Gasteiger partial charge is 0.310 e. The summed E-state index contributed by atoms with van der Waals surface area (Å²) in [5.41, 5.74) is 1.49. The maximum Gasteiger partial charge on any atom is 0.310 e. The molecule has 1 amide bonds. The van der Waals surface area contributed by atoms with Crippen LogP contribution in [0, 0.1) is 17.6 Å². The third-order valence-corrected chi connectivity index (χ3v) is 7.29. The minimum Gasteiger partial charge on any atom is -0.466 e. The number of carbonyl (C=O) groups is 2. The van der Waals surface area contributed by atoms with Crippen LogP contribution in [0.3, 0.4) is 0 Å². The largest absolute Gasteiger partial charge is 0.466 e. The monoisotopic (exact) mass is 510 g/mol. The van der Waals surface area contributed by atoms with Crippen molar-refractivity contribution in [3.63, 3.8) is 0 Å². The van der Waals surface area contributed by atoms with Gasteiger partial charge in [0.15, 0.2) is 0 Å². The molecule has 0 N–H and O–H groups in total. The topological polar surface area (TPSA) is 51.5 Å². The summed E-state index contributed by atoms with van der Waals surface area (Å²) in [6, 6.07) is 5.23. The standard InChI is InChI=1S/C22H21BrF2N2O3S/c1-2-30-22(29)14-4-3-7-26(10-14)21(28)18-9-19-20(16(23)12-31-19)27(18)11-13-5-6-15(24)8-17(13)25/h5-6,8-9,12,14H,2-4,7,10-11H2,1H3. The number of carbonyl (C=O) groups excluding carboxylic acids is 2. The lowest BCUT2D eigenvalue weighted by atomic mass is 9.98. The van der Waals surface area contributed by atoms with Crippen LogP contribution in [0.5, 0.6) is 0 Å². The van der Waals surface area contributed by atoms with Crippen LogP contribution in [0.1, 0.15) is 35.8 Å². The summed E-state index contributed by atoms with van der Waals surface area (Å²) in [6.07, 6.45) is 1.39. The highest BCUT2D eigenvalue weighted by molar-refractivity contribution is 9.10. The maximum atomic E-state index is 14.4. The van der Waals surface area contributed by atoms with E-state index in [9.17, 15) is 18.4 Å². The molecule has 1 saturated heterocycles. The molecule has 1 aromatic carbocycles. The van der Waals surface area contributed by atoms with Gasteiger partial charge in [0.2, 0.25) is 0 Å². The lowest BCUT2D eigenvalue weighted by molar-refractivity contribution is -0.149. The van der Waals surface area contributed by atoms with Gasteiger partial charge in [-0.05, 0) is 47.8 Å². The zero-order valence-corrected chi connectivity index (χ0v) is 19.3. The summed E-state index contributed by atoms with van der Waals surface area (Å²) in [4.78, 5) is 27.3. The summed E-state index contributed by atoms with van der Waals surface area (Å²) < 4.78 is 36.3. The summed E-state index contributed by atoms with van der Waals surface area (Å²) in [5.74, 6) is -2.15. The molecule has 1 atom stereocenters. The van der Waals surface area contributed by atoms with Crippen LogP contribution >= 0.6 is 27.3 Å². The molecule has 2 aromatic heterocycles. The van der Waals surface area contributed by atoms with Gasteiger partial charge < -0.3 is 14.2 Å². The number of ether oxygens (including phenoxy) is 1. The van der Waals surface area contributed by atoms with Gasteiger partial charge >= 0.3 is 5.97 Å². The second-order valence-electron chi connectivity index (χ2n) is 7.49. The zero-order chi connectivity index (χ0) is 22.1. The first-order valence-corrected chi connectivity index (χ1v) is 11.7. The van der Waals surface area contributed by atoms with Crippen molar-refractivity contribution in [2.24, 2.45) is 5.92 Å². The molecule has 3 aromatic rings. The van der Waals surface area contributed by atoms with E-state index in [-0.39, 0.29) is 29.9 Å². The SMILES string of the molecule is CCOC(=O)C1CCCN(C(=O)c2cc3scc(Br)c3n2Cc2ccc(F)cc2F)C1. The van der Waals surface area contributed by atoms with E-state index < -0.39 is 11.6 Å². The maximum absolute atomic E-state index is 14.4. The first-order chi connectivity index (χ1) is 14.9. The molecule has 164 valence electrons. The number of esters is 1. The van der Waals surface area contributed by atoms with E-state index in [2.05, 4.69) is 15.9 Å². The Morgan fingerprint density at radius 2 is 2.10 bits per heavy atom. The van der Waals surface area contributed by atoms with Crippen molar-refractivity contribution in [3.8, 4) is 0 Å². The van der Waals surface area contributed by atoms with Crippen molar-refractivity contribution >= 4 is 49.4 Å². The number of amides is 1. The van der Waals surface area contributed by atoms with E-state index in [1.807, 2.05) is 5.38 Å². The minimum absolute atomic E-state index is 0.0845. The Labute approximate surface area is 190 Å². The fraction of sp³-hybridized carbons (Fsp3) is 0.364. The van der Waals surface area contributed by atoms with Crippen LogP contribution < -0.4 is 0 Å². The first-order valence-electron chi connectivity index (χ1n) is 10.0. The third kappa shape index (κ3) is 4.39. The van der Waals surface area contributed by atoms with E-state index in [0.717, 1.165) is 20.8 Å². The Bertz CT molecular complexity index is 1140. The molecule has 1 unspecified atom stereocenters. The molecular formula is C22H21BrF2N2O3S.